The van der Waals surface area contributed by atoms with Crippen molar-refractivity contribution in [2.45, 2.75) is 38.3 Å². The van der Waals surface area contributed by atoms with Crippen LogP contribution >= 0.6 is 0 Å². The van der Waals surface area contributed by atoms with E-state index >= 15 is 0 Å². The first-order valence-corrected chi connectivity index (χ1v) is 6.50. The third kappa shape index (κ3) is 2.56. The highest BCUT2D eigenvalue weighted by atomic mass is 16.4. The number of nitrogens with zero attached hydrogens (tertiary/aromatic N) is 3. The first-order chi connectivity index (χ1) is 9.45. The summed E-state index contributed by atoms with van der Waals surface area (Å²) in [5.74, 6) is -1.38. The minimum atomic E-state index is -1.19. The van der Waals surface area contributed by atoms with E-state index in [2.05, 4.69) is 4.98 Å². The second-order valence-corrected chi connectivity index (χ2v) is 5.11. The van der Waals surface area contributed by atoms with E-state index in [1.165, 1.54) is 21.9 Å². The number of carbonyl (C=O) groups is 2. The molecule has 1 amide bonds. The van der Waals surface area contributed by atoms with Gasteiger partial charge in [0.25, 0.3) is 0 Å². The van der Waals surface area contributed by atoms with E-state index in [1.54, 1.807) is 13.0 Å². The van der Waals surface area contributed by atoms with Gasteiger partial charge < -0.3 is 10.0 Å². The molecule has 2 rings (SSSR count). The number of rotatable bonds is 3. The van der Waals surface area contributed by atoms with Crippen LogP contribution in [0.1, 0.15) is 26.2 Å². The standard InChI is InChI=1S/C13H17N3O4/c1-13(11(18)19)5-2-3-8-16(13)10(17)9-15-7-4-6-14-12(15)20/h4,6-7H,2-3,5,8-9H2,1H3,(H,18,19). The van der Waals surface area contributed by atoms with Gasteiger partial charge in [-0.25, -0.2) is 14.6 Å². The number of aliphatic carboxylic acids is 1. The average Bonchev–Trinajstić information content (AvgIpc) is 2.41. The average molecular weight is 279 g/mol. The van der Waals surface area contributed by atoms with Crippen LogP contribution in [0.3, 0.4) is 0 Å². The predicted octanol–water partition coefficient (Wildman–Crippen LogP) is 0.0991. The molecule has 108 valence electrons. The van der Waals surface area contributed by atoms with Crippen molar-refractivity contribution in [3.63, 3.8) is 0 Å². The van der Waals surface area contributed by atoms with Gasteiger partial charge in [0, 0.05) is 18.9 Å². The summed E-state index contributed by atoms with van der Waals surface area (Å²) in [5.41, 5.74) is -1.71. The Hall–Kier alpha value is -2.18. The van der Waals surface area contributed by atoms with Crippen LogP contribution < -0.4 is 5.69 Å². The molecule has 0 aliphatic carbocycles. The summed E-state index contributed by atoms with van der Waals surface area (Å²) in [6.45, 7) is 1.77. The maximum atomic E-state index is 12.3. The SMILES string of the molecule is CC1(C(=O)O)CCCCN1C(=O)Cn1cccnc1=O. The molecule has 1 aromatic heterocycles. The van der Waals surface area contributed by atoms with E-state index < -0.39 is 17.2 Å². The highest BCUT2D eigenvalue weighted by molar-refractivity contribution is 5.86. The van der Waals surface area contributed by atoms with E-state index in [9.17, 15) is 19.5 Å². The summed E-state index contributed by atoms with van der Waals surface area (Å²) in [4.78, 5) is 40.2. The van der Waals surface area contributed by atoms with E-state index in [1.807, 2.05) is 0 Å². The Kier molecular flexibility index (Phi) is 3.87. The van der Waals surface area contributed by atoms with E-state index in [0.29, 0.717) is 13.0 Å². The van der Waals surface area contributed by atoms with Crippen LogP contribution in [-0.4, -0.2) is 43.5 Å². The first kappa shape index (κ1) is 14.2. The first-order valence-electron chi connectivity index (χ1n) is 6.50. The number of aromatic nitrogens is 2. The zero-order valence-electron chi connectivity index (χ0n) is 11.3. The minimum absolute atomic E-state index is 0.185. The molecule has 2 heterocycles. The molecule has 0 spiro atoms. The lowest BCUT2D eigenvalue weighted by Crippen LogP contribution is -2.58. The van der Waals surface area contributed by atoms with Crippen molar-refractivity contribution in [3.05, 3.63) is 28.9 Å². The van der Waals surface area contributed by atoms with Crippen molar-refractivity contribution >= 4 is 11.9 Å². The Bertz CT molecular complexity index is 583. The molecule has 1 atom stereocenters. The highest BCUT2D eigenvalue weighted by Crippen LogP contribution is 2.28. The highest BCUT2D eigenvalue weighted by Gasteiger charge is 2.43. The van der Waals surface area contributed by atoms with Crippen LogP contribution in [0.5, 0.6) is 0 Å². The molecule has 1 saturated heterocycles. The maximum absolute atomic E-state index is 12.3. The Labute approximate surface area is 115 Å². The molecule has 7 heteroatoms. The molecule has 1 aliphatic heterocycles. The van der Waals surface area contributed by atoms with Crippen LogP contribution in [0.4, 0.5) is 0 Å². The quantitative estimate of drug-likeness (QED) is 0.847. The molecule has 1 aliphatic rings. The topological polar surface area (TPSA) is 92.5 Å². The number of carboxylic acid groups (broad SMARTS) is 1. The Morgan fingerprint density at radius 2 is 2.20 bits per heavy atom. The third-order valence-electron chi connectivity index (χ3n) is 3.74. The normalized spacial score (nSPS) is 22.6. The fourth-order valence-corrected chi connectivity index (χ4v) is 2.48. The van der Waals surface area contributed by atoms with Crippen LogP contribution in [0, 0.1) is 0 Å². The van der Waals surface area contributed by atoms with E-state index in [0.717, 1.165) is 12.8 Å². The summed E-state index contributed by atoms with van der Waals surface area (Å²) in [7, 11) is 0. The fourth-order valence-electron chi connectivity index (χ4n) is 2.48. The summed E-state index contributed by atoms with van der Waals surface area (Å²) in [6.07, 6.45) is 4.80. The molecule has 0 aromatic carbocycles. The molecular formula is C13H17N3O4. The van der Waals surface area contributed by atoms with Crippen LogP contribution in [-0.2, 0) is 16.1 Å². The molecule has 7 nitrogen and oxygen atoms in total. The van der Waals surface area contributed by atoms with Crippen molar-refractivity contribution in [1.82, 2.24) is 14.5 Å². The van der Waals surface area contributed by atoms with E-state index in [-0.39, 0.29) is 12.5 Å². The Morgan fingerprint density at radius 1 is 1.45 bits per heavy atom. The third-order valence-corrected chi connectivity index (χ3v) is 3.74. The number of carbonyl (C=O) groups excluding carboxylic acids is 1. The number of likely N-dealkylation sites (tertiary alicyclic amines) is 1. The van der Waals surface area contributed by atoms with Gasteiger partial charge in [-0.3, -0.25) is 9.36 Å². The number of hydrogen-bond donors (Lipinski definition) is 1. The second kappa shape index (κ2) is 5.44. The lowest BCUT2D eigenvalue weighted by Gasteiger charge is -2.41. The largest absolute Gasteiger partial charge is 0.480 e. The molecule has 0 saturated carbocycles. The number of amides is 1. The monoisotopic (exact) mass is 279 g/mol. The van der Waals surface area contributed by atoms with Gasteiger partial charge in [0.05, 0.1) is 0 Å². The molecule has 1 fully saturated rings. The van der Waals surface area contributed by atoms with Crippen molar-refractivity contribution in [2.75, 3.05) is 6.54 Å². The second-order valence-electron chi connectivity index (χ2n) is 5.11. The predicted molar refractivity (Wildman–Crippen MR) is 70.1 cm³/mol. The van der Waals surface area contributed by atoms with Crippen molar-refractivity contribution in [1.29, 1.82) is 0 Å². The summed E-state index contributed by atoms with van der Waals surface area (Å²) < 4.78 is 1.18. The minimum Gasteiger partial charge on any atom is -0.480 e. The maximum Gasteiger partial charge on any atom is 0.347 e. The van der Waals surface area contributed by atoms with Gasteiger partial charge in [-0.1, -0.05) is 0 Å². The smallest absolute Gasteiger partial charge is 0.347 e. The van der Waals surface area contributed by atoms with Gasteiger partial charge in [0.15, 0.2) is 0 Å². The molecule has 20 heavy (non-hydrogen) atoms. The lowest BCUT2D eigenvalue weighted by atomic mass is 9.88. The van der Waals surface area contributed by atoms with Gasteiger partial charge in [0.1, 0.15) is 12.1 Å². The molecule has 1 unspecified atom stereocenters. The summed E-state index contributed by atoms with van der Waals surface area (Å²) in [5, 5.41) is 9.36. The van der Waals surface area contributed by atoms with Crippen LogP contribution in [0.15, 0.2) is 23.3 Å². The van der Waals surface area contributed by atoms with Gasteiger partial charge in [-0.15, -0.1) is 0 Å². The van der Waals surface area contributed by atoms with Crippen molar-refractivity contribution < 1.29 is 14.7 Å². The number of carboxylic acids is 1. The zero-order valence-corrected chi connectivity index (χ0v) is 11.3. The van der Waals surface area contributed by atoms with Crippen molar-refractivity contribution in [3.8, 4) is 0 Å². The van der Waals surface area contributed by atoms with Gasteiger partial charge in [-0.05, 0) is 32.3 Å². The molecular weight excluding hydrogens is 262 g/mol. The van der Waals surface area contributed by atoms with Crippen LogP contribution in [0.2, 0.25) is 0 Å². The summed E-state index contributed by atoms with van der Waals surface area (Å²) >= 11 is 0. The van der Waals surface area contributed by atoms with E-state index in [4.69, 9.17) is 0 Å². The van der Waals surface area contributed by atoms with Crippen LogP contribution in [0.25, 0.3) is 0 Å². The molecule has 0 bridgehead atoms. The van der Waals surface area contributed by atoms with Gasteiger partial charge in [-0.2, -0.15) is 0 Å². The Morgan fingerprint density at radius 3 is 2.85 bits per heavy atom. The molecule has 1 N–H and O–H groups in total. The van der Waals surface area contributed by atoms with Gasteiger partial charge >= 0.3 is 11.7 Å². The summed E-state index contributed by atoms with van der Waals surface area (Å²) in [6, 6.07) is 1.56. The molecule has 1 aromatic rings. The van der Waals surface area contributed by atoms with Crippen molar-refractivity contribution in [2.24, 2.45) is 0 Å². The lowest BCUT2D eigenvalue weighted by molar-refractivity contribution is -0.161. The fraction of sp³-hybridized carbons (Fsp3) is 0.538. The zero-order chi connectivity index (χ0) is 14.8. The van der Waals surface area contributed by atoms with Gasteiger partial charge in [0.2, 0.25) is 5.91 Å². The number of piperidine rings is 1. The number of hydrogen-bond acceptors (Lipinski definition) is 4. The molecule has 0 radical (unpaired) electrons. The Balaban J connectivity index is 2.21.